The van der Waals surface area contributed by atoms with Crippen molar-refractivity contribution in [3.63, 3.8) is 0 Å². The fourth-order valence-electron chi connectivity index (χ4n) is 3.83. The number of ether oxygens (including phenoxy) is 2. The highest BCUT2D eigenvalue weighted by atomic mass is 32.2. The summed E-state index contributed by atoms with van der Waals surface area (Å²) in [6, 6.07) is 12.7. The molecule has 3 rings (SSSR count). The lowest BCUT2D eigenvalue weighted by atomic mass is 9.84. The molecule has 0 spiro atoms. The summed E-state index contributed by atoms with van der Waals surface area (Å²) in [6.07, 6.45) is 1.07. The van der Waals surface area contributed by atoms with Crippen LogP contribution in [0.1, 0.15) is 48.5 Å². The molecule has 0 bridgehead atoms. The van der Waals surface area contributed by atoms with Gasteiger partial charge in [-0.05, 0) is 30.5 Å². The van der Waals surface area contributed by atoms with E-state index in [0.29, 0.717) is 18.4 Å². The third kappa shape index (κ3) is 5.31. The molecule has 0 aromatic heterocycles. The molecule has 2 aromatic rings. The van der Waals surface area contributed by atoms with Crippen molar-refractivity contribution in [3.8, 4) is 0 Å². The molecule has 0 saturated heterocycles. The fraction of sp³-hybridized carbons (Fsp3) is 0.375. The van der Waals surface area contributed by atoms with Gasteiger partial charge in [-0.15, -0.1) is 0 Å². The first kappa shape index (κ1) is 24.6. The zero-order valence-corrected chi connectivity index (χ0v) is 19.3. The molecule has 1 aliphatic carbocycles. The van der Waals surface area contributed by atoms with Crippen molar-refractivity contribution < 1.29 is 32.3 Å². The van der Waals surface area contributed by atoms with Crippen LogP contribution in [0.5, 0.6) is 0 Å². The van der Waals surface area contributed by atoms with E-state index in [-0.39, 0.29) is 23.7 Å². The van der Waals surface area contributed by atoms with Gasteiger partial charge in [0, 0.05) is 11.5 Å². The van der Waals surface area contributed by atoms with Crippen molar-refractivity contribution in [2.45, 2.75) is 43.5 Å². The average Bonchev–Trinajstić information content (AvgIpc) is 3.08. The summed E-state index contributed by atoms with van der Waals surface area (Å²) < 4.78 is 39.0. The molecule has 0 aliphatic heterocycles. The Balaban J connectivity index is 2.06. The molecule has 0 radical (unpaired) electrons. The van der Waals surface area contributed by atoms with Crippen LogP contribution in [0.3, 0.4) is 0 Å². The largest absolute Gasteiger partial charge is 0.465 e. The summed E-state index contributed by atoms with van der Waals surface area (Å²) in [5.74, 6) is -4.83. The minimum Gasteiger partial charge on any atom is -0.465 e. The van der Waals surface area contributed by atoms with Gasteiger partial charge < -0.3 is 9.47 Å². The predicted octanol–water partition coefficient (Wildman–Crippen LogP) is 2.84. The van der Waals surface area contributed by atoms with E-state index in [9.17, 15) is 22.8 Å². The number of carbonyl (C=O) groups excluding carboxylic acids is 3. The van der Waals surface area contributed by atoms with Crippen LogP contribution >= 0.6 is 0 Å². The van der Waals surface area contributed by atoms with Gasteiger partial charge >= 0.3 is 11.9 Å². The van der Waals surface area contributed by atoms with Gasteiger partial charge in [0.25, 0.3) is 0 Å². The van der Waals surface area contributed by atoms with Crippen LogP contribution in [-0.2, 0) is 29.1 Å². The van der Waals surface area contributed by atoms with Crippen molar-refractivity contribution in [1.82, 2.24) is 4.72 Å². The smallest absolute Gasteiger partial charge is 0.321 e. The Morgan fingerprint density at radius 3 is 2.03 bits per heavy atom. The van der Waals surface area contributed by atoms with Crippen molar-refractivity contribution in [2.24, 2.45) is 5.92 Å². The number of ketones is 1. The number of Topliss-reactive ketones (excluding diaryl/α,β-unsaturated/α-hetero) is 1. The second-order valence-electron chi connectivity index (χ2n) is 7.70. The number of sulfonamides is 1. The first-order chi connectivity index (χ1) is 15.8. The molecule has 8 nitrogen and oxygen atoms in total. The van der Waals surface area contributed by atoms with E-state index in [1.54, 1.807) is 42.5 Å². The highest BCUT2D eigenvalue weighted by molar-refractivity contribution is 7.89. The number of fused-ring (bicyclic) bond motifs is 1. The second kappa shape index (κ2) is 10.7. The Bertz CT molecular complexity index is 1090. The molecule has 176 valence electrons. The van der Waals surface area contributed by atoms with Crippen LogP contribution in [0.25, 0.3) is 0 Å². The summed E-state index contributed by atoms with van der Waals surface area (Å²) >= 11 is 0. The lowest BCUT2D eigenvalue weighted by molar-refractivity contribution is -0.163. The van der Waals surface area contributed by atoms with Gasteiger partial charge in [0.2, 0.25) is 10.0 Å². The van der Waals surface area contributed by atoms with Gasteiger partial charge in [-0.3, -0.25) is 14.4 Å². The van der Waals surface area contributed by atoms with Crippen molar-refractivity contribution >= 4 is 27.7 Å². The number of hydrogen-bond acceptors (Lipinski definition) is 7. The maximum Gasteiger partial charge on any atom is 0.321 e. The molecule has 0 unspecified atom stereocenters. The van der Waals surface area contributed by atoms with Gasteiger partial charge in [-0.2, -0.15) is 4.72 Å². The molecular weight excluding hydrogens is 446 g/mol. The van der Waals surface area contributed by atoms with Crippen LogP contribution < -0.4 is 4.72 Å². The Morgan fingerprint density at radius 1 is 0.909 bits per heavy atom. The van der Waals surface area contributed by atoms with E-state index in [2.05, 4.69) is 4.72 Å². The van der Waals surface area contributed by atoms with Crippen LogP contribution in [-0.4, -0.2) is 45.4 Å². The molecule has 33 heavy (non-hydrogen) atoms. The molecule has 0 amide bonds. The van der Waals surface area contributed by atoms with Gasteiger partial charge in [-0.25, -0.2) is 8.42 Å². The molecule has 9 heteroatoms. The van der Waals surface area contributed by atoms with Gasteiger partial charge in [-0.1, -0.05) is 56.3 Å². The molecule has 0 fully saturated rings. The first-order valence-corrected chi connectivity index (χ1v) is 12.3. The highest BCUT2D eigenvalue weighted by Crippen LogP contribution is 2.40. The topological polar surface area (TPSA) is 116 Å². The van der Waals surface area contributed by atoms with Crippen LogP contribution in [0, 0.1) is 5.92 Å². The van der Waals surface area contributed by atoms with Gasteiger partial charge in [0.1, 0.15) is 0 Å². The minimum absolute atomic E-state index is 0.0359. The number of esters is 2. The first-order valence-electron chi connectivity index (χ1n) is 10.9. The van der Waals surface area contributed by atoms with E-state index < -0.39 is 45.6 Å². The van der Waals surface area contributed by atoms with E-state index in [0.717, 1.165) is 0 Å². The number of hydrogen-bond donors (Lipinski definition) is 1. The zero-order chi connectivity index (χ0) is 24.0. The summed E-state index contributed by atoms with van der Waals surface area (Å²) in [7, 11) is -4.12. The molecule has 0 heterocycles. The molecule has 2 atom stereocenters. The fourth-order valence-corrected chi connectivity index (χ4v) is 5.07. The third-order valence-electron chi connectivity index (χ3n) is 5.33. The summed E-state index contributed by atoms with van der Waals surface area (Å²) in [5.41, 5.74) is 0.648. The Kier molecular flexibility index (Phi) is 7.99. The van der Waals surface area contributed by atoms with Gasteiger partial charge in [0.05, 0.1) is 24.2 Å². The Morgan fingerprint density at radius 2 is 1.45 bits per heavy atom. The van der Waals surface area contributed by atoms with Crippen molar-refractivity contribution in [3.05, 3.63) is 65.7 Å². The number of carbonyl (C=O) groups is 3. The monoisotopic (exact) mass is 473 g/mol. The number of rotatable bonds is 10. The van der Waals surface area contributed by atoms with Crippen molar-refractivity contribution in [2.75, 3.05) is 13.2 Å². The van der Waals surface area contributed by atoms with E-state index in [1.807, 2.05) is 13.8 Å². The van der Waals surface area contributed by atoms with E-state index in [4.69, 9.17) is 9.47 Å². The quantitative estimate of drug-likeness (QED) is 0.417. The SMILES string of the molecule is CCCOC(=O)C(C(=O)OCCC)[C@H]1c2ccccc2C(=O)[C@@H]1NS(=O)(=O)c1ccccc1. The lowest BCUT2D eigenvalue weighted by Gasteiger charge is -2.26. The van der Waals surface area contributed by atoms with Crippen molar-refractivity contribution in [1.29, 1.82) is 0 Å². The normalized spacial score (nSPS) is 17.6. The molecule has 0 saturated carbocycles. The molecule has 1 N–H and O–H groups in total. The minimum atomic E-state index is -4.12. The predicted molar refractivity (Wildman–Crippen MR) is 120 cm³/mol. The number of nitrogens with one attached hydrogen (secondary N) is 1. The summed E-state index contributed by atoms with van der Waals surface area (Å²) in [4.78, 5) is 39.2. The lowest BCUT2D eigenvalue weighted by Crippen LogP contribution is -2.47. The molecule has 1 aliphatic rings. The summed E-state index contributed by atoms with van der Waals surface area (Å²) in [5, 5.41) is 0. The van der Waals surface area contributed by atoms with E-state index >= 15 is 0 Å². The Hall–Kier alpha value is -3.04. The Labute approximate surface area is 193 Å². The third-order valence-corrected chi connectivity index (χ3v) is 6.78. The van der Waals surface area contributed by atoms with E-state index in [1.165, 1.54) is 12.1 Å². The maximum absolute atomic E-state index is 13.3. The summed E-state index contributed by atoms with van der Waals surface area (Å²) in [6.45, 7) is 3.78. The highest BCUT2D eigenvalue weighted by Gasteiger charge is 2.51. The maximum atomic E-state index is 13.3. The zero-order valence-electron chi connectivity index (χ0n) is 18.5. The standard InChI is InChI=1S/C24H27NO7S/c1-3-14-31-23(27)20(24(28)32-15-4-2)19-17-12-8-9-13-18(17)22(26)21(19)25-33(29,30)16-10-6-5-7-11-16/h5-13,19-21,25H,3-4,14-15H2,1-2H3/t19-,21-/m1/s1. The van der Waals surface area contributed by atoms with Crippen LogP contribution in [0.4, 0.5) is 0 Å². The average molecular weight is 474 g/mol. The second-order valence-corrected chi connectivity index (χ2v) is 9.42. The van der Waals surface area contributed by atoms with Gasteiger partial charge in [0.15, 0.2) is 11.7 Å². The molecular formula is C24H27NO7S. The molecule has 2 aromatic carbocycles. The van der Waals surface area contributed by atoms with Crippen LogP contribution in [0.2, 0.25) is 0 Å². The van der Waals surface area contributed by atoms with Crippen LogP contribution in [0.15, 0.2) is 59.5 Å². The number of benzene rings is 2.